The van der Waals surface area contributed by atoms with Crippen molar-refractivity contribution >= 4 is 29.0 Å². The van der Waals surface area contributed by atoms with Crippen LogP contribution < -0.4 is 0 Å². The summed E-state index contributed by atoms with van der Waals surface area (Å²) < 4.78 is 5.03. The quantitative estimate of drug-likeness (QED) is 0.810. The van der Waals surface area contributed by atoms with Crippen molar-refractivity contribution < 1.29 is 9.53 Å². The molecule has 0 aliphatic rings. The van der Waals surface area contributed by atoms with Crippen LogP contribution in [0.15, 0.2) is 18.2 Å². The lowest BCUT2D eigenvalue weighted by Crippen LogP contribution is -2.14. The first kappa shape index (κ1) is 13.5. The molecule has 1 atom stereocenters. The first-order chi connectivity index (χ1) is 7.54. The lowest BCUT2D eigenvalue weighted by molar-refractivity contribution is -0.120. The zero-order valence-electron chi connectivity index (χ0n) is 9.30. The van der Waals surface area contributed by atoms with Crippen molar-refractivity contribution in [2.45, 2.75) is 25.9 Å². The number of ketones is 1. The predicted molar refractivity (Wildman–Crippen MR) is 66.3 cm³/mol. The largest absolute Gasteiger partial charge is 0.381 e. The number of halogens is 2. The smallest absolute Gasteiger partial charge is 0.139 e. The topological polar surface area (TPSA) is 26.3 Å². The Morgan fingerprint density at radius 3 is 2.75 bits per heavy atom. The number of rotatable bonds is 5. The minimum Gasteiger partial charge on any atom is -0.381 e. The van der Waals surface area contributed by atoms with Crippen LogP contribution >= 0.6 is 23.2 Å². The molecule has 0 aliphatic heterocycles. The molecule has 0 saturated heterocycles. The van der Waals surface area contributed by atoms with Gasteiger partial charge >= 0.3 is 0 Å². The van der Waals surface area contributed by atoms with E-state index in [9.17, 15) is 4.79 Å². The molecule has 0 radical (unpaired) electrons. The van der Waals surface area contributed by atoms with Crippen LogP contribution in [0.25, 0.3) is 0 Å². The second-order valence-corrected chi connectivity index (χ2v) is 4.46. The van der Waals surface area contributed by atoms with E-state index in [0.717, 1.165) is 5.56 Å². The van der Waals surface area contributed by atoms with Gasteiger partial charge in [0.05, 0.1) is 16.1 Å². The number of carbonyl (C=O) groups excluding carboxylic acids is 1. The van der Waals surface area contributed by atoms with Gasteiger partial charge in [-0.3, -0.25) is 4.79 Å². The van der Waals surface area contributed by atoms with Gasteiger partial charge in [-0.25, -0.2) is 0 Å². The second kappa shape index (κ2) is 6.24. The third-order valence-electron chi connectivity index (χ3n) is 2.34. The van der Waals surface area contributed by atoms with Crippen LogP contribution in [0.5, 0.6) is 0 Å². The Bertz CT molecular complexity index is 377. The van der Waals surface area contributed by atoms with Gasteiger partial charge in [0.2, 0.25) is 0 Å². The van der Waals surface area contributed by atoms with Crippen molar-refractivity contribution in [1.29, 1.82) is 0 Å². The van der Waals surface area contributed by atoms with E-state index in [1.807, 2.05) is 13.0 Å². The molecule has 0 bridgehead atoms. The van der Waals surface area contributed by atoms with Crippen LogP contribution in [-0.2, 0) is 16.0 Å². The minimum absolute atomic E-state index is 0.0644. The number of hydrogen-bond acceptors (Lipinski definition) is 2. The molecule has 0 fully saturated rings. The standard InChI is InChI=1S/C12H14Cl2O2/c1-8(16-2)6-10(15)7-9-4-3-5-11(13)12(9)14/h3-5,8H,6-7H2,1-2H3. The number of carbonyl (C=O) groups is 1. The van der Waals surface area contributed by atoms with Gasteiger partial charge in [0.15, 0.2) is 0 Å². The Balaban J connectivity index is 2.66. The Labute approximate surface area is 106 Å². The zero-order chi connectivity index (χ0) is 12.1. The van der Waals surface area contributed by atoms with Crippen LogP contribution in [0, 0.1) is 0 Å². The Hall–Kier alpha value is -0.570. The SMILES string of the molecule is COC(C)CC(=O)Cc1cccc(Cl)c1Cl. The predicted octanol–water partition coefficient (Wildman–Crippen LogP) is 3.53. The summed E-state index contributed by atoms with van der Waals surface area (Å²) in [4.78, 5) is 11.7. The van der Waals surface area contributed by atoms with Crippen molar-refractivity contribution in [3.05, 3.63) is 33.8 Å². The van der Waals surface area contributed by atoms with Gasteiger partial charge in [-0.05, 0) is 18.6 Å². The van der Waals surface area contributed by atoms with Crippen molar-refractivity contribution in [3.63, 3.8) is 0 Å². The third kappa shape index (κ3) is 3.78. The maximum Gasteiger partial charge on any atom is 0.139 e. The number of ether oxygens (including phenoxy) is 1. The minimum atomic E-state index is -0.0644. The summed E-state index contributed by atoms with van der Waals surface area (Å²) in [6.07, 6.45) is 0.623. The van der Waals surface area contributed by atoms with Crippen LogP contribution in [0.3, 0.4) is 0 Å². The van der Waals surface area contributed by atoms with Crippen LogP contribution in [0.4, 0.5) is 0 Å². The Morgan fingerprint density at radius 2 is 2.12 bits per heavy atom. The van der Waals surface area contributed by atoms with Crippen molar-refractivity contribution in [2.75, 3.05) is 7.11 Å². The van der Waals surface area contributed by atoms with E-state index < -0.39 is 0 Å². The van der Waals surface area contributed by atoms with Crippen LogP contribution in [-0.4, -0.2) is 19.0 Å². The first-order valence-corrected chi connectivity index (χ1v) is 5.77. The van der Waals surface area contributed by atoms with Crippen molar-refractivity contribution in [1.82, 2.24) is 0 Å². The summed E-state index contributed by atoms with van der Waals surface area (Å²) >= 11 is 11.9. The highest BCUT2D eigenvalue weighted by Gasteiger charge is 2.12. The highest BCUT2D eigenvalue weighted by molar-refractivity contribution is 6.42. The molecule has 0 saturated carbocycles. The fraction of sp³-hybridized carbons (Fsp3) is 0.417. The Kier molecular flexibility index (Phi) is 5.26. The fourth-order valence-corrected chi connectivity index (χ4v) is 1.76. The molecule has 2 nitrogen and oxygen atoms in total. The van der Waals surface area contributed by atoms with E-state index in [0.29, 0.717) is 22.9 Å². The van der Waals surface area contributed by atoms with E-state index in [1.54, 1.807) is 19.2 Å². The number of Topliss-reactive ketones (excluding diaryl/α,β-unsaturated/α-hetero) is 1. The molecule has 1 rings (SSSR count). The summed E-state index contributed by atoms with van der Waals surface area (Å²) in [5.74, 6) is 0.0958. The zero-order valence-corrected chi connectivity index (χ0v) is 10.8. The van der Waals surface area contributed by atoms with Gasteiger partial charge in [0, 0.05) is 20.0 Å². The molecule has 1 aromatic carbocycles. The summed E-state index contributed by atoms with van der Waals surface area (Å²) in [5.41, 5.74) is 0.766. The summed E-state index contributed by atoms with van der Waals surface area (Å²) in [6, 6.07) is 5.30. The number of methoxy groups -OCH3 is 1. The molecule has 88 valence electrons. The van der Waals surface area contributed by atoms with Gasteiger partial charge in [-0.1, -0.05) is 35.3 Å². The van der Waals surface area contributed by atoms with E-state index in [-0.39, 0.29) is 11.9 Å². The molecule has 4 heteroatoms. The molecular weight excluding hydrogens is 247 g/mol. The molecule has 0 aliphatic carbocycles. The van der Waals surface area contributed by atoms with Gasteiger partial charge < -0.3 is 4.74 Å². The molecule has 0 N–H and O–H groups in total. The summed E-state index contributed by atoms with van der Waals surface area (Å²) in [6.45, 7) is 1.86. The molecule has 0 aromatic heterocycles. The van der Waals surface area contributed by atoms with Gasteiger partial charge in [0.1, 0.15) is 5.78 Å². The molecule has 1 unspecified atom stereocenters. The lowest BCUT2D eigenvalue weighted by atomic mass is 10.1. The highest BCUT2D eigenvalue weighted by Crippen LogP contribution is 2.26. The third-order valence-corrected chi connectivity index (χ3v) is 3.19. The Morgan fingerprint density at radius 1 is 1.44 bits per heavy atom. The molecule has 1 aromatic rings. The molecular formula is C12H14Cl2O2. The highest BCUT2D eigenvalue weighted by atomic mass is 35.5. The average Bonchev–Trinajstić information content (AvgIpc) is 2.24. The second-order valence-electron chi connectivity index (χ2n) is 3.68. The summed E-state index contributed by atoms with van der Waals surface area (Å²) in [5, 5.41) is 0.939. The molecule has 0 spiro atoms. The van der Waals surface area contributed by atoms with Gasteiger partial charge in [-0.15, -0.1) is 0 Å². The maximum absolute atomic E-state index is 11.7. The number of benzene rings is 1. The fourth-order valence-electron chi connectivity index (χ4n) is 1.37. The molecule has 0 heterocycles. The number of hydrogen-bond donors (Lipinski definition) is 0. The summed E-state index contributed by atoms with van der Waals surface area (Å²) in [7, 11) is 1.59. The molecule has 0 amide bonds. The monoisotopic (exact) mass is 260 g/mol. The van der Waals surface area contributed by atoms with E-state index in [1.165, 1.54) is 0 Å². The van der Waals surface area contributed by atoms with Crippen LogP contribution in [0.2, 0.25) is 10.0 Å². The average molecular weight is 261 g/mol. The van der Waals surface area contributed by atoms with E-state index in [4.69, 9.17) is 27.9 Å². The normalized spacial score (nSPS) is 12.5. The van der Waals surface area contributed by atoms with Crippen molar-refractivity contribution in [3.8, 4) is 0 Å². The maximum atomic E-state index is 11.7. The van der Waals surface area contributed by atoms with E-state index >= 15 is 0 Å². The molecule has 16 heavy (non-hydrogen) atoms. The van der Waals surface area contributed by atoms with Gasteiger partial charge in [0.25, 0.3) is 0 Å². The lowest BCUT2D eigenvalue weighted by Gasteiger charge is -2.09. The van der Waals surface area contributed by atoms with Gasteiger partial charge in [-0.2, -0.15) is 0 Å². The van der Waals surface area contributed by atoms with E-state index in [2.05, 4.69) is 0 Å². The van der Waals surface area contributed by atoms with Crippen LogP contribution in [0.1, 0.15) is 18.9 Å². The van der Waals surface area contributed by atoms with Crippen molar-refractivity contribution in [2.24, 2.45) is 0 Å². The first-order valence-electron chi connectivity index (χ1n) is 5.02.